The molecular weight excluding hydrogens is 919 g/mol. The van der Waals surface area contributed by atoms with Gasteiger partial charge in [0.1, 0.15) is 34.8 Å². The zero-order chi connectivity index (χ0) is 50.7. The maximum atomic E-state index is 13.7. The number of nitrogens with one attached hydrogen (secondary N) is 3. The molecule has 1 amide bonds. The molecule has 6 heterocycles. The molecule has 0 aliphatic carbocycles. The molecule has 4 fully saturated rings. The van der Waals surface area contributed by atoms with Crippen molar-refractivity contribution in [3.8, 4) is 11.5 Å². The second-order valence-corrected chi connectivity index (χ2v) is 18.0. The SMILES string of the molecule is COc1ccc(F)cc1C(=O)c1cnc(NC2CCN(C(=O)CCN3CCCCC3)CC2)nc1N.COc1ccc(F)cc1C(=O)c1cnc(NC2CCNCC2)nc1N.O=C(O)CCN1CCCCC1. The Morgan fingerprint density at radius 3 is 1.51 bits per heavy atom. The topological polar surface area (TPSA) is 256 Å². The van der Waals surface area contributed by atoms with Gasteiger partial charge in [-0.05, 0) is 127 Å². The number of carboxylic acids is 1. The smallest absolute Gasteiger partial charge is 0.304 e. The fourth-order valence-corrected chi connectivity index (χ4v) is 8.92. The Balaban J connectivity index is 0.000000198. The van der Waals surface area contributed by atoms with Crippen molar-refractivity contribution in [2.24, 2.45) is 0 Å². The van der Waals surface area contributed by atoms with Gasteiger partial charge in [0.2, 0.25) is 29.4 Å². The van der Waals surface area contributed by atoms with Crippen molar-refractivity contribution in [3.05, 3.63) is 82.7 Å². The molecule has 384 valence electrons. The maximum Gasteiger partial charge on any atom is 0.304 e. The molecule has 4 aromatic rings. The van der Waals surface area contributed by atoms with E-state index in [0.717, 1.165) is 90.2 Å². The zero-order valence-electron chi connectivity index (χ0n) is 40.8. The molecular formula is C50H68F2N12O7. The van der Waals surface area contributed by atoms with E-state index >= 15 is 0 Å². The summed E-state index contributed by atoms with van der Waals surface area (Å²) in [6.45, 7) is 9.19. The van der Waals surface area contributed by atoms with Crippen LogP contribution in [0.3, 0.4) is 0 Å². The molecule has 0 atom stereocenters. The number of methoxy groups -OCH3 is 2. The summed E-state index contributed by atoms with van der Waals surface area (Å²) in [4.78, 5) is 71.8. The molecule has 0 unspecified atom stereocenters. The number of amides is 1. The quantitative estimate of drug-likeness (QED) is 0.0782. The molecule has 8 N–H and O–H groups in total. The highest BCUT2D eigenvalue weighted by molar-refractivity contribution is 6.13. The molecule has 0 bridgehead atoms. The van der Waals surface area contributed by atoms with Crippen LogP contribution in [0.5, 0.6) is 11.5 Å². The minimum atomic E-state index is -0.685. The predicted octanol–water partition coefficient (Wildman–Crippen LogP) is 5.26. The van der Waals surface area contributed by atoms with Crippen molar-refractivity contribution < 1.29 is 42.5 Å². The lowest BCUT2D eigenvalue weighted by Gasteiger charge is -2.33. The monoisotopic (exact) mass is 987 g/mol. The number of aliphatic carboxylic acids is 1. The van der Waals surface area contributed by atoms with Gasteiger partial charge in [-0.15, -0.1) is 0 Å². The molecule has 21 heteroatoms. The van der Waals surface area contributed by atoms with Gasteiger partial charge in [-0.1, -0.05) is 12.8 Å². The van der Waals surface area contributed by atoms with Crippen LogP contribution >= 0.6 is 0 Å². The molecule has 4 aliphatic heterocycles. The summed E-state index contributed by atoms with van der Waals surface area (Å²) in [5, 5.41) is 18.2. The van der Waals surface area contributed by atoms with E-state index in [2.05, 4.69) is 45.7 Å². The lowest BCUT2D eigenvalue weighted by molar-refractivity contribution is -0.137. The van der Waals surface area contributed by atoms with E-state index in [1.165, 1.54) is 89.4 Å². The number of nitrogens with two attached hydrogens (primary N) is 2. The Hall–Kier alpha value is -6.58. The van der Waals surface area contributed by atoms with E-state index in [-0.39, 0.29) is 63.4 Å². The van der Waals surface area contributed by atoms with Crippen LogP contribution in [0.25, 0.3) is 0 Å². The van der Waals surface area contributed by atoms with Crippen molar-refractivity contribution in [3.63, 3.8) is 0 Å². The Morgan fingerprint density at radius 1 is 0.648 bits per heavy atom. The number of carbonyl (C=O) groups is 4. The summed E-state index contributed by atoms with van der Waals surface area (Å²) in [6, 6.07) is 7.82. The van der Waals surface area contributed by atoms with Gasteiger partial charge in [0.25, 0.3) is 0 Å². The lowest BCUT2D eigenvalue weighted by atomic mass is 10.0. The van der Waals surface area contributed by atoms with Gasteiger partial charge >= 0.3 is 5.97 Å². The third-order valence-electron chi connectivity index (χ3n) is 13.0. The number of rotatable bonds is 16. The number of nitrogens with zero attached hydrogens (tertiary/aromatic N) is 7. The number of ketones is 2. The van der Waals surface area contributed by atoms with E-state index in [1.807, 2.05) is 4.90 Å². The van der Waals surface area contributed by atoms with Crippen LogP contribution in [0.15, 0.2) is 48.8 Å². The summed E-state index contributed by atoms with van der Waals surface area (Å²) in [5.41, 5.74) is 12.3. The molecule has 71 heavy (non-hydrogen) atoms. The van der Waals surface area contributed by atoms with Gasteiger partial charge in [-0.3, -0.25) is 19.2 Å². The number of likely N-dealkylation sites (tertiary alicyclic amines) is 3. The van der Waals surface area contributed by atoms with E-state index in [0.29, 0.717) is 37.8 Å². The van der Waals surface area contributed by atoms with Gasteiger partial charge in [-0.25, -0.2) is 18.7 Å². The number of hydrogen-bond acceptors (Lipinski definition) is 17. The molecule has 0 saturated carbocycles. The molecule has 0 radical (unpaired) electrons. The number of carbonyl (C=O) groups excluding carboxylic acids is 3. The number of aromatic nitrogens is 4. The number of anilines is 4. The summed E-state index contributed by atoms with van der Waals surface area (Å²) < 4.78 is 37.5. The third-order valence-corrected chi connectivity index (χ3v) is 13.0. The van der Waals surface area contributed by atoms with Crippen LogP contribution in [-0.2, 0) is 9.59 Å². The van der Waals surface area contributed by atoms with Crippen LogP contribution in [0.2, 0.25) is 0 Å². The number of ether oxygens (including phenoxy) is 2. The lowest BCUT2D eigenvalue weighted by Crippen LogP contribution is -2.43. The molecule has 4 saturated heterocycles. The zero-order valence-corrected chi connectivity index (χ0v) is 40.8. The second-order valence-electron chi connectivity index (χ2n) is 18.0. The van der Waals surface area contributed by atoms with Gasteiger partial charge in [0, 0.05) is 57.1 Å². The average Bonchev–Trinajstić information content (AvgIpc) is 3.38. The van der Waals surface area contributed by atoms with E-state index in [4.69, 9.17) is 26.0 Å². The van der Waals surface area contributed by atoms with Crippen LogP contribution in [-0.4, -0.2) is 155 Å². The van der Waals surface area contributed by atoms with E-state index < -0.39 is 29.2 Å². The van der Waals surface area contributed by atoms with E-state index in [9.17, 15) is 28.0 Å². The Morgan fingerprint density at radius 2 is 1.08 bits per heavy atom. The highest BCUT2D eigenvalue weighted by Crippen LogP contribution is 2.27. The van der Waals surface area contributed by atoms with Gasteiger partial charge in [-0.2, -0.15) is 9.97 Å². The average molecular weight is 987 g/mol. The first-order valence-electron chi connectivity index (χ1n) is 24.5. The number of carboxylic acid groups (broad SMARTS) is 1. The fourth-order valence-electron chi connectivity index (χ4n) is 8.92. The summed E-state index contributed by atoms with van der Waals surface area (Å²) in [5.74, 6) is -1.29. The largest absolute Gasteiger partial charge is 0.496 e. The number of nitrogen functional groups attached to an aromatic ring is 2. The molecule has 0 spiro atoms. The molecule has 19 nitrogen and oxygen atoms in total. The number of piperidine rings is 4. The van der Waals surface area contributed by atoms with Crippen LogP contribution < -0.4 is 36.9 Å². The highest BCUT2D eigenvalue weighted by Gasteiger charge is 2.26. The van der Waals surface area contributed by atoms with Crippen LogP contribution in [0.1, 0.15) is 109 Å². The normalized spacial score (nSPS) is 16.9. The first-order chi connectivity index (χ1) is 34.3. The molecule has 8 rings (SSSR count). The minimum absolute atomic E-state index is 0.00383. The fraction of sp³-hybridized carbons (Fsp3) is 0.520. The molecule has 2 aromatic carbocycles. The van der Waals surface area contributed by atoms with Gasteiger partial charge < -0.3 is 56.7 Å². The maximum absolute atomic E-state index is 13.7. The second kappa shape index (κ2) is 27.1. The van der Waals surface area contributed by atoms with Crippen molar-refractivity contribution in [1.29, 1.82) is 0 Å². The summed E-state index contributed by atoms with van der Waals surface area (Å²) in [7, 11) is 2.82. The predicted molar refractivity (Wildman–Crippen MR) is 266 cm³/mol. The first-order valence-corrected chi connectivity index (χ1v) is 24.5. The summed E-state index contributed by atoms with van der Waals surface area (Å²) >= 11 is 0. The highest BCUT2D eigenvalue weighted by atomic mass is 19.1. The van der Waals surface area contributed by atoms with Crippen molar-refractivity contribution in [2.45, 2.75) is 89.1 Å². The Bertz CT molecular complexity index is 2410. The Kier molecular flexibility index (Phi) is 20.6. The van der Waals surface area contributed by atoms with Crippen molar-refractivity contribution >= 4 is 47.0 Å². The van der Waals surface area contributed by atoms with Gasteiger partial charge in [0.05, 0.1) is 42.9 Å². The first kappa shape index (κ1) is 53.8. The Labute approximate surface area is 413 Å². The minimum Gasteiger partial charge on any atom is -0.496 e. The van der Waals surface area contributed by atoms with Crippen LogP contribution in [0, 0.1) is 11.6 Å². The number of benzene rings is 2. The standard InChI is InChI=1S/C25H33FN6O3.C17H20FN5O2.C8H15NO2/c1-35-21-6-5-17(26)15-19(21)23(34)20-16-28-25(30-24(20)27)29-18-7-13-32(14-8-18)22(33)9-12-31-10-3-2-4-11-31;1-25-14-3-2-10(18)8-12(14)15(24)13-9-21-17(23-16(13)19)22-11-4-6-20-7-5-11;10-8(11)4-7-9-5-2-1-3-6-9/h5-6,15-16,18H,2-4,7-14H2,1H3,(H3,27,28,29,30);2-3,8-9,11,20H,4-7H2,1H3,(H3,19,21,22,23);1-7H2,(H,10,11). The summed E-state index contributed by atoms with van der Waals surface area (Å²) in [6.07, 6.45) is 14.6. The number of hydrogen-bond donors (Lipinski definition) is 6. The van der Waals surface area contributed by atoms with Crippen molar-refractivity contribution in [2.75, 3.05) is 102 Å². The van der Waals surface area contributed by atoms with Crippen molar-refractivity contribution in [1.82, 2.24) is 40.0 Å². The number of halogens is 2. The van der Waals surface area contributed by atoms with Gasteiger partial charge in [0.15, 0.2) is 0 Å². The van der Waals surface area contributed by atoms with E-state index in [1.54, 1.807) is 0 Å². The molecule has 2 aromatic heterocycles. The third kappa shape index (κ3) is 16.2. The van der Waals surface area contributed by atoms with Crippen LogP contribution in [0.4, 0.5) is 32.3 Å². The molecule has 4 aliphatic rings.